The Morgan fingerprint density at radius 3 is 2.06 bits per heavy atom. The molecule has 0 amide bonds. The third kappa shape index (κ3) is 3.45. The quantitative estimate of drug-likeness (QED) is 0.615. The summed E-state index contributed by atoms with van der Waals surface area (Å²) in [5.41, 5.74) is -0.147. The van der Waals surface area contributed by atoms with E-state index >= 15 is 0 Å². The van der Waals surface area contributed by atoms with Crippen LogP contribution in [0.25, 0.3) is 0 Å². The van der Waals surface area contributed by atoms with Crippen molar-refractivity contribution >= 4 is 11.9 Å². The summed E-state index contributed by atoms with van der Waals surface area (Å²) in [4.78, 5) is 24.1. The van der Waals surface area contributed by atoms with Gasteiger partial charge in [-0.1, -0.05) is 0 Å². The lowest BCUT2D eigenvalue weighted by molar-refractivity contribution is -0.162. The van der Waals surface area contributed by atoms with E-state index in [0.29, 0.717) is 0 Å². The van der Waals surface area contributed by atoms with Gasteiger partial charge in [-0.25, -0.2) is 0 Å². The maximum absolute atomic E-state index is 11.4. The molecule has 5 heteroatoms. The van der Waals surface area contributed by atoms with Gasteiger partial charge in [-0.3, -0.25) is 14.5 Å². The SMILES string of the molecule is CN1C(C)(C)CC(OC(=O)CC(=O)O)CC1(C)C. The molecule has 18 heavy (non-hydrogen) atoms. The van der Waals surface area contributed by atoms with Crippen LogP contribution in [0.4, 0.5) is 0 Å². The summed E-state index contributed by atoms with van der Waals surface area (Å²) in [5.74, 6) is -1.80. The average Bonchev–Trinajstić information content (AvgIpc) is 2.11. The van der Waals surface area contributed by atoms with Gasteiger partial charge in [0.25, 0.3) is 0 Å². The second-order valence-corrected chi connectivity index (χ2v) is 6.27. The van der Waals surface area contributed by atoms with Crippen LogP contribution in [0.15, 0.2) is 0 Å². The molecule has 1 aliphatic heterocycles. The van der Waals surface area contributed by atoms with Crippen molar-refractivity contribution in [2.75, 3.05) is 7.05 Å². The predicted octanol–water partition coefficient (Wildman–Crippen LogP) is 1.66. The number of carbonyl (C=O) groups is 2. The van der Waals surface area contributed by atoms with Gasteiger partial charge in [0.15, 0.2) is 0 Å². The number of esters is 1. The summed E-state index contributed by atoms with van der Waals surface area (Å²) in [6.07, 6.45) is 0.669. The van der Waals surface area contributed by atoms with E-state index in [4.69, 9.17) is 9.84 Å². The van der Waals surface area contributed by atoms with E-state index in [2.05, 4.69) is 39.6 Å². The highest BCUT2D eigenvalue weighted by molar-refractivity contribution is 5.90. The highest BCUT2D eigenvalue weighted by Crippen LogP contribution is 2.38. The molecule has 1 aliphatic rings. The molecule has 1 N–H and O–H groups in total. The first-order chi connectivity index (χ1) is 8.04. The van der Waals surface area contributed by atoms with Crippen molar-refractivity contribution in [3.63, 3.8) is 0 Å². The normalized spacial score (nSPS) is 23.6. The molecule has 5 nitrogen and oxygen atoms in total. The Labute approximate surface area is 108 Å². The van der Waals surface area contributed by atoms with Crippen molar-refractivity contribution in [3.8, 4) is 0 Å². The fraction of sp³-hybridized carbons (Fsp3) is 0.846. The molecule has 0 radical (unpaired) electrons. The zero-order chi connectivity index (χ0) is 14.1. The summed E-state index contributed by atoms with van der Waals surface area (Å²) < 4.78 is 5.28. The Morgan fingerprint density at radius 1 is 1.22 bits per heavy atom. The van der Waals surface area contributed by atoms with Gasteiger partial charge in [-0.2, -0.15) is 0 Å². The van der Waals surface area contributed by atoms with Crippen molar-refractivity contribution in [2.45, 2.75) is 64.1 Å². The van der Waals surface area contributed by atoms with Crippen LogP contribution in [-0.4, -0.2) is 46.2 Å². The van der Waals surface area contributed by atoms with E-state index in [9.17, 15) is 9.59 Å². The Bertz CT molecular complexity index is 331. The summed E-state index contributed by atoms with van der Waals surface area (Å²) >= 11 is 0. The second-order valence-electron chi connectivity index (χ2n) is 6.27. The molecule has 1 rings (SSSR count). The van der Waals surface area contributed by atoms with Crippen molar-refractivity contribution in [3.05, 3.63) is 0 Å². The molecule has 0 aromatic carbocycles. The van der Waals surface area contributed by atoms with Crippen molar-refractivity contribution in [1.29, 1.82) is 0 Å². The molecule has 1 fully saturated rings. The molecule has 104 valence electrons. The number of ether oxygens (including phenoxy) is 1. The number of carboxylic acid groups (broad SMARTS) is 1. The topological polar surface area (TPSA) is 66.8 Å². The highest BCUT2D eigenvalue weighted by Gasteiger charge is 2.44. The first kappa shape index (κ1) is 15.0. The van der Waals surface area contributed by atoms with Crippen LogP contribution in [0.5, 0.6) is 0 Å². The number of piperidine rings is 1. The molecule has 0 unspecified atom stereocenters. The first-order valence-electron chi connectivity index (χ1n) is 6.20. The molecular weight excluding hydrogens is 234 g/mol. The lowest BCUT2D eigenvalue weighted by Gasteiger charge is -2.53. The third-order valence-electron chi connectivity index (χ3n) is 3.86. The molecule has 1 saturated heterocycles. The molecule has 0 aromatic rings. The van der Waals surface area contributed by atoms with Crippen molar-refractivity contribution in [2.24, 2.45) is 0 Å². The number of likely N-dealkylation sites (tertiary alicyclic amines) is 1. The van der Waals surface area contributed by atoms with Gasteiger partial charge in [0.05, 0.1) is 0 Å². The molecule has 0 spiro atoms. The summed E-state index contributed by atoms with van der Waals surface area (Å²) in [5, 5.41) is 8.55. The molecule has 0 atom stereocenters. The fourth-order valence-corrected chi connectivity index (χ4v) is 2.71. The molecule has 0 aliphatic carbocycles. The molecule has 1 heterocycles. The van der Waals surface area contributed by atoms with Gasteiger partial charge in [0.1, 0.15) is 12.5 Å². The molecule has 0 aromatic heterocycles. The predicted molar refractivity (Wildman–Crippen MR) is 67.3 cm³/mol. The number of carbonyl (C=O) groups excluding carboxylic acids is 1. The minimum atomic E-state index is -1.15. The number of nitrogens with zero attached hydrogens (tertiary/aromatic N) is 1. The zero-order valence-corrected chi connectivity index (χ0v) is 11.8. The van der Waals surface area contributed by atoms with E-state index in [-0.39, 0.29) is 17.2 Å². The molecular formula is C13H23NO4. The number of carboxylic acids is 1. The number of rotatable bonds is 3. The third-order valence-corrected chi connectivity index (χ3v) is 3.86. The highest BCUT2D eigenvalue weighted by atomic mass is 16.5. The van der Waals surface area contributed by atoms with Crippen molar-refractivity contribution in [1.82, 2.24) is 4.90 Å². The summed E-state index contributed by atoms with van der Waals surface area (Å²) in [6, 6.07) is 0. The Morgan fingerprint density at radius 2 is 1.67 bits per heavy atom. The smallest absolute Gasteiger partial charge is 0.317 e. The summed E-state index contributed by atoms with van der Waals surface area (Å²) in [6.45, 7) is 8.41. The second kappa shape index (κ2) is 4.88. The lowest BCUT2D eigenvalue weighted by atomic mass is 9.79. The van der Waals surface area contributed by atoms with Gasteiger partial charge >= 0.3 is 11.9 Å². The van der Waals surface area contributed by atoms with E-state index < -0.39 is 18.4 Å². The number of hydrogen-bond donors (Lipinski definition) is 1. The van der Waals surface area contributed by atoms with Gasteiger partial charge < -0.3 is 9.84 Å². The number of aliphatic carboxylic acids is 1. The van der Waals surface area contributed by atoms with Crippen LogP contribution in [0.1, 0.15) is 47.0 Å². The van der Waals surface area contributed by atoms with Gasteiger partial charge in [-0.05, 0) is 34.7 Å². The Hall–Kier alpha value is -1.10. The molecule has 0 saturated carbocycles. The average molecular weight is 257 g/mol. The number of hydrogen-bond acceptors (Lipinski definition) is 4. The Balaban J connectivity index is 2.69. The van der Waals surface area contributed by atoms with E-state index in [1.54, 1.807) is 0 Å². The lowest BCUT2D eigenvalue weighted by Crippen LogP contribution is -2.60. The maximum Gasteiger partial charge on any atom is 0.317 e. The van der Waals surface area contributed by atoms with Gasteiger partial charge in [0.2, 0.25) is 0 Å². The van der Waals surface area contributed by atoms with Crippen LogP contribution in [-0.2, 0) is 14.3 Å². The summed E-state index contributed by atoms with van der Waals surface area (Å²) in [7, 11) is 2.06. The zero-order valence-electron chi connectivity index (χ0n) is 11.8. The van der Waals surface area contributed by atoms with E-state index in [0.717, 1.165) is 12.8 Å². The van der Waals surface area contributed by atoms with E-state index in [1.807, 2.05) is 0 Å². The monoisotopic (exact) mass is 257 g/mol. The first-order valence-corrected chi connectivity index (χ1v) is 6.20. The Kier molecular flexibility index (Phi) is 4.05. The van der Waals surface area contributed by atoms with Crippen LogP contribution >= 0.6 is 0 Å². The van der Waals surface area contributed by atoms with Crippen LogP contribution in [0, 0.1) is 0 Å². The van der Waals surface area contributed by atoms with Crippen LogP contribution in [0.3, 0.4) is 0 Å². The van der Waals surface area contributed by atoms with Crippen LogP contribution < -0.4 is 0 Å². The standard InChI is InChI=1S/C13H23NO4/c1-12(2)7-9(8-13(3,4)14(12)5)18-11(17)6-10(15)16/h9H,6-8H2,1-5H3,(H,15,16). The minimum Gasteiger partial charge on any atom is -0.481 e. The van der Waals surface area contributed by atoms with Gasteiger partial charge in [-0.15, -0.1) is 0 Å². The van der Waals surface area contributed by atoms with Crippen LogP contribution in [0.2, 0.25) is 0 Å². The van der Waals surface area contributed by atoms with Gasteiger partial charge in [0, 0.05) is 23.9 Å². The largest absolute Gasteiger partial charge is 0.481 e. The molecule has 0 bridgehead atoms. The minimum absolute atomic E-state index is 0.0735. The maximum atomic E-state index is 11.4. The van der Waals surface area contributed by atoms with E-state index in [1.165, 1.54) is 0 Å². The fourth-order valence-electron chi connectivity index (χ4n) is 2.71. The van der Waals surface area contributed by atoms with Crippen molar-refractivity contribution < 1.29 is 19.4 Å².